The zero-order chi connectivity index (χ0) is 16.1. The van der Waals surface area contributed by atoms with Gasteiger partial charge in [0.1, 0.15) is 13.2 Å². The van der Waals surface area contributed by atoms with Crippen LogP contribution in [0.5, 0.6) is 0 Å². The molecule has 2 amide bonds. The van der Waals surface area contributed by atoms with Gasteiger partial charge in [-0.05, 0) is 31.4 Å². The molecular formula is C16H22N2O4. The largest absolute Gasteiger partial charge is 0.446 e. The molecule has 1 heterocycles. The Labute approximate surface area is 130 Å². The van der Waals surface area contributed by atoms with Crippen LogP contribution >= 0.6 is 0 Å². The molecular weight excluding hydrogens is 284 g/mol. The number of anilines is 1. The van der Waals surface area contributed by atoms with Crippen molar-refractivity contribution < 1.29 is 19.1 Å². The van der Waals surface area contributed by atoms with E-state index in [1.54, 1.807) is 0 Å². The van der Waals surface area contributed by atoms with Gasteiger partial charge in [-0.2, -0.15) is 0 Å². The lowest BCUT2D eigenvalue weighted by molar-refractivity contribution is -0.125. The lowest BCUT2D eigenvalue weighted by Crippen LogP contribution is -2.49. The van der Waals surface area contributed by atoms with Gasteiger partial charge < -0.3 is 9.47 Å². The third kappa shape index (κ3) is 3.22. The Kier molecular flexibility index (Phi) is 5.38. The highest BCUT2D eigenvalue weighted by atomic mass is 16.6. The molecule has 0 saturated carbocycles. The average Bonchev–Trinajstić information content (AvgIpc) is 2.93. The van der Waals surface area contributed by atoms with Gasteiger partial charge in [-0.3, -0.25) is 4.79 Å². The summed E-state index contributed by atoms with van der Waals surface area (Å²) in [7, 11) is 0. The lowest BCUT2D eigenvalue weighted by atomic mass is 10.1. The second-order valence-corrected chi connectivity index (χ2v) is 5.02. The van der Waals surface area contributed by atoms with Gasteiger partial charge >= 0.3 is 6.09 Å². The van der Waals surface area contributed by atoms with Gasteiger partial charge in [-0.25, -0.2) is 14.8 Å². The first-order valence-corrected chi connectivity index (χ1v) is 7.53. The molecule has 0 N–H and O–H groups in total. The van der Waals surface area contributed by atoms with E-state index in [-0.39, 0.29) is 19.1 Å². The van der Waals surface area contributed by atoms with Gasteiger partial charge in [-0.15, -0.1) is 0 Å². The van der Waals surface area contributed by atoms with Gasteiger partial charge in [0.25, 0.3) is 5.91 Å². The van der Waals surface area contributed by atoms with Crippen molar-refractivity contribution in [3.63, 3.8) is 0 Å². The Hall–Kier alpha value is -2.08. The zero-order valence-electron chi connectivity index (χ0n) is 13.3. The molecule has 1 aliphatic rings. The van der Waals surface area contributed by atoms with Crippen molar-refractivity contribution in [1.82, 2.24) is 5.01 Å². The fourth-order valence-electron chi connectivity index (χ4n) is 2.51. The molecule has 1 fully saturated rings. The van der Waals surface area contributed by atoms with Crippen LogP contribution in [0.25, 0.3) is 0 Å². The number of carbonyl (C=O) groups is 2. The molecule has 0 aromatic heterocycles. The smallest absolute Gasteiger partial charge is 0.429 e. The number of hydrogen-bond acceptors (Lipinski definition) is 4. The number of amides is 2. The number of carbonyl (C=O) groups excluding carboxylic acids is 2. The van der Waals surface area contributed by atoms with E-state index in [4.69, 9.17) is 9.47 Å². The standard InChI is InChI=1S/C16H22N2O4/c1-4-13-8-6-7-12(3)15(13)18(14(19)11-21-5-2)17-9-10-22-16(17)20/h6-8H,4-5,9-11H2,1-3H3. The monoisotopic (exact) mass is 306 g/mol. The molecule has 0 spiro atoms. The fraction of sp³-hybridized carbons (Fsp3) is 0.500. The second-order valence-electron chi connectivity index (χ2n) is 5.02. The Morgan fingerprint density at radius 3 is 2.77 bits per heavy atom. The van der Waals surface area contributed by atoms with E-state index < -0.39 is 6.09 Å². The van der Waals surface area contributed by atoms with Gasteiger partial charge in [0, 0.05) is 6.61 Å². The highest BCUT2D eigenvalue weighted by Crippen LogP contribution is 2.28. The van der Waals surface area contributed by atoms with Crippen LogP contribution in [0.1, 0.15) is 25.0 Å². The van der Waals surface area contributed by atoms with Gasteiger partial charge in [-0.1, -0.05) is 25.1 Å². The van der Waals surface area contributed by atoms with E-state index in [9.17, 15) is 9.59 Å². The highest BCUT2D eigenvalue weighted by molar-refractivity contribution is 5.97. The molecule has 2 rings (SSSR count). The number of nitrogens with zero attached hydrogens (tertiary/aromatic N) is 2. The summed E-state index contributed by atoms with van der Waals surface area (Å²) in [5.74, 6) is -0.273. The Morgan fingerprint density at radius 2 is 2.18 bits per heavy atom. The molecule has 1 aliphatic heterocycles. The van der Waals surface area contributed by atoms with Crippen LogP contribution < -0.4 is 5.01 Å². The predicted molar refractivity (Wildman–Crippen MR) is 82.6 cm³/mol. The molecule has 1 aromatic rings. The van der Waals surface area contributed by atoms with Crippen LogP contribution in [-0.2, 0) is 20.7 Å². The molecule has 0 unspecified atom stereocenters. The number of hydrazine groups is 1. The first-order valence-electron chi connectivity index (χ1n) is 7.53. The molecule has 6 heteroatoms. The summed E-state index contributed by atoms with van der Waals surface area (Å²) < 4.78 is 10.2. The van der Waals surface area contributed by atoms with Crippen LogP contribution in [0.3, 0.4) is 0 Å². The summed E-state index contributed by atoms with van der Waals surface area (Å²) in [6, 6.07) is 5.84. The summed E-state index contributed by atoms with van der Waals surface area (Å²) >= 11 is 0. The van der Waals surface area contributed by atoms with Crippen LogP contribution in [0.15, 0.2) is 18.2 Å². The lowest BCUT2D eigenvalue weighted by Gasteiger charge is -2.32. The van der Waals surface area contributed by atoms with Crippen molar-refractivity contribution in [3.8, 4) is 0 Å². The first-order chi connectivity index (χ1) is 10.6. The van der Waals surface area contributed by atoms with E-state index in [2.05, 4.69) is 0 Å². The first kappa shape index (κ1) is 16.3. The molecule has 1 saturated heterocycles. The third-order valence-corrected chi connectivity index (χ3v) is 3.56. The number of hydrogen-bond donors (Lipinski definition) is 0. The topological polar surface area (TPSA) is 59.1 Å². The maximum Gasteiger partial charge on any atom is 0.429 e. The summed E-state index contributed by atoms with van der Waals surface area (Å²) in [5, 5.41) is 2.77. The summed E-state index contributed by atoms with van der Waals surface area (Å²) in [5.41, 5.74) is 2.68. The molecule has 0 bridgehead atoms. The Morgan fingerprint density at radius 1 is 1.41 bits per heavy atom. The molecule has 0 atom stereocenters. The number of aryl methyl sites for hydroxylation is 2. The average molecular weight is 306 g/mol. The van der Waals surface area contributed by atoms with Crippen LogP contribution in [0, 0.1) is 6.92 Å². The summed E-state index contributed by atoms with van der Waals surface area (Å²) in [6.45, 7) is 6.78. The number of cyclic esters (lactones) is 1. The highest BCUT2D eigenvalue weighted by Gasteiger charge is 2.34. The minimum Gasteiger partial charge on any atom is -0.446 e. The van der Waals surface area contributed by atoms with Gasteiger partial charge in [0.15, 0.2) is 0 Å². The van der Waals surface area contributed by atoms with E-state index in [0.29, 0.717) is 13.2 Å². The SMILES string of the molecule is CCOCC(=O)N(c1c(C)cccc1CC)N1CCOC1=O. The van der Waals surface area contributed by atoms with Crippen molar-refractivity contribution >= 4 is 17.7 Å². The van der Waals surface area contributed by atoms with E-state index in [1.807, 2.05) is 39.0 Å². The Balaban J connectivity index is 2.44. The van der Waals surface area contributed by atoms with Crippen LogP contribution in [0.2, 0.25) is 0 Å². The van der Waals surface area contributed by atoms with Crippen LogP contribution in [0.4, 0.5) is 10.5 Å². The van der Waals surface area contributed by atoms with Crippen molar-refractivity contribution in [2.45, 2.75) is 27.2 Å². The third-order valence-electron chi connectivity index (χ3n) is 3.56. The predicted octanol–water partition coefficient (Wildman–Crippen LogP) is 2.29. The van der Waals surface area contributed by atoms with Crippen molar-refractivity contribution in [1.29, 1.82) is 0 Å². The van der Waals surface area contributed by atoms with Crippen molar-refractivity contribution in [2.75, 3.05) is 31.4 Å². The normalized spacial score (nSPS) is 14.1. The minimum atomic E-state index is -0.504. The molecule has 120 valence electrons. The summed E-state index contributed by atoms with van der Waals surface area (Å²) in [6.07, 6.45) is 0.258. The molecule has 0 aliphatic carbocycles. The number of para-hydroxylation sites is 1. The summed E-state index contributed by atoms with van der Waals surface area (Å²) in [4.78, 5) is 24.6. The van der Waals surface area contributed by atoms with E-state index in [0.717, 1.165) is 23.2 Å². The second kappa shape index (κ2) is 7.26. The molecule has 0 radical (unpaired) electrons. The maximum atomic E-state index is 12.6. The van der Waals surface area contributed by atoms with Crippen LogP contribution in [-0.4, -0.2) is 43.4 Å². The number of ether oxygens (including phenoxy) is 2. The van der Waals surface area contributed by atoms with E-state index >= 15 is 0 Å². The van der Waals surface area contributed by atoms with E-state index in [1.165, 1.54) is 10.0 Å². The van der Waals surface area contributed by atoms with Gasteiger partial charge in [0.2, 0.25) is 0 Å². The number of rotatable bonds is 6. The number of benzene rings is 1. The maximum absolute atomic E-state index is 12.6. The molecule has 1 aromatic carbocycles. The fourth-order valence-corrected chi connectivity index (χ4v) is 2.51. The minimum absolute atomic E-state index is 0.0717. The molecule has 6 nitrogen and oxygen atoms in total. The quantitative estimate of drug-likeness (QED) is 0.809. The van der Waals surface area contributed by atoms with Crippen molar-refractivity contribution in [3.05, 3.63) is 29.3 Å². The van der Waals surface area contributed by atoms with Crippen molar-refractivity contribution in [2.24, 2.45) is 0 Å². The molecule has 22 heavy (non-hydrogen) atoms. The Bertz CT molecular complexity index is 559. The zero-order valence-corrected chi connectivity index (χ0v) is 13.3. The van der Waals surface area contributed by atoms with Gasteiger partial charge in [0.05, 0.1) is 12.2 Å².